The molecule has 0 bridgehead atoms. The number of nitrogens with one attached hydrogen (secondary N) is 1. The number of benzene rings is 2. The van der Waals surface area contributed by atoms with E-state index in [4.69, 9.17) is 23.2 Å². The van der Waals surface area contributed by atoms with Gasteiger partial charge in [0.05, 0.1) is 11.3 Å². The third-order valence-electron chi connectivity index (χ3n) is 4.35. The molecule has 0 saturated carbocycles. The highest BCUT2D eigenvalue weighted by molar-refractivity contribution is 6.31. The maximum absolute atomic E-state index is 13.3. The average molecular weight is 415 g/mol. The first-order valence-electron chi connectivity index (χ1n) is 8.10. The van der Waals surface area contributed by atoms with Gasteiger partial charge in [0.15, 0.2) is 0 Å². The number of aromatic nitrogens is 1. The van der Waals surface area contributed by atoms with Gasteiger partial charge in [0.25, 0.3) is 5.91 Å². The number of hydrogen-bond donors (Lipinski definition) is 1. The molecule has 27 heavy (non-hydrogen) atoms. The van der Waals surface area contributed by atoms with Gasteiger partial charge in [-0.3, -0.25) is 4.79 Å². The Kier molecular flexibility index (Phi) is 5.14. The number of halogens is 5. The van der Waals surface area contributed by atoms with E-state index in [0.29, 0.717) is 17.1 Å². The number of amides is 1. The maximum Gasteiger partial charge on any atom is 0.418 e. The lowest BCUT2D eigenvalue weighted by atomic mass is 10.1. The summed E-state index contributed by atoms with van der Waals surface area (Å²) in [5, 5.41) is 3.61. The molecule has 1 N–H and O–H groups in total. The Hall–Kier alpha value is -2.18. The van der Waals surface area contributed by atoms with Crippen molar-refractivity contribution in [2.24, 2.45) is 0 Å². The summed E-state index contributed by atoms with van der Waals surface area (Å²) in [4.78, 5) is 12.9. The van der Waals surface area contributed by atoms with Crippen molar-refractivity contribution in [3.05, 3.63) is 63.3 Å². The first-order chi connectivity index (χ1) is 12.6. The van der Waals surface area contributed by atoms with Crippen LogP contribution in [-0.2, 0) is 12.7 Å². The molecule has 2 aromatic carbocycles. The molecule has 0 saturated heterocycles. The van der Waals surface area contributed by atoms with Crippen LogP contribution in [0.5, 0.6) is 0 Å². The fourth-order valence-electron chi connectivity index (χ4n) is 3.16. The second-order valence-corrected chi connectivity index (χ2v) is 6.89. The van der Waals surface area contributed by atoms with Gasteiger partial charge in [-0.05, 0) is 55.8 Å². The third kappa shape index (κ3) is 3.64. The van der Waals surface area contributed by atoms with Crippen LogP contribution in [-0.4, -0.2) is 10.5 Å². The monoisotopic (exact) mass is 414 g/mol. The van der Waals surface area contributed by atoms with Crippen LogP contribution in [0.25, 0.3) is 10.9 Å². The molecule has 3 rings (SSSR count). The number of hydrogen-bond acceptors (Lipinski definition) is 1. The van der Waals surface area contributed by atoms with E-state index in [9.17, 15) is 18.0 Å². The first-order valence-corrected chi connectivity index (χ1v) is 8.85. The fraction of sp³-hybridized carbons (Fsp3) is 0.211. The van der Waals surface area contributed by atoms with Gasteiger partial charge in [0.2, 0.25) is 0 Å². The molecule has 0 unspecified atom stereocenters. The van der Waals surface area contributed by atoms with E-state index in [1.54, 1.807) is 29.7 Å². The Morgan fingerprint density at radius 3 is 2.37 bits per heavy atom. The van der Waals surface area contributed by atoms with Crippen molar-refractivity contribution in [2.75, 3.05) is 5.32 Å². The predicted molar refractivity (Wildman–Crippen MR) is 102 cm³/mol. The van der Waals surface area contributed by atoms with Gasteiger partial charge in [-0.15, -0.1) is 0 Å². The average Bonchev–Trinajstić information content (AvgIpc) is 2.87. The molecule has 1 heterocycles. The van der Waals surface area contributed by atoms with Crippen molar-refractivity contribution in [3.63, 3.8) is 0 Å². The topological polar surface area (TPSA) is 34.0 Å². The molecule has 1 aromatic heterocycles. The lowest BCUT2D eigenvalue weighted by Gasteiger charge is -2.15. The smallest absolute Gasteiger partial charge is 0.337 e. The van der Waals surface area contributed by atoms with Crippen molar-refractivity contribution in [3.8, 4) is 0 Å². The molecule has 0 spiro atoms. The van der Waals surface area contributed by atoms with Crippen LogP contribution in [0.4, 0.5) is 18.9 Å². The van der Waals surface area contributed by atoms with Crippen LogP contribution in [0, 0.1) is 6.92 Å². The second kappa shape index (κ2) is 7.09. The highest BCUT2D eigenvalue weighted by Gasteiger charge is 2.34. The minimum Gasteiger partial charge on any atom is -0.337 e. The van der Waals surface area contributed by atoms with Gasteiger partial charge in [-0.25, -0.2) is 0 Å². The van der Waals surface area contributed by atoms with E-state index in [1.165, 1.54) is 6.07 Å². The number of nitrogens with zero attached hydrogens (tertiary/aromatic N) is 1. The highest BCUT2D eigenvalue weighted by atomic mass is 35.5. The van der Waals surface area contributed by atoms with Gasteiger partial charge in [0, 0.05) is 27.5 Å². The number of carbonyl (C=O) groups is 1. The molecule has 0 aliphatic carbocycles. The molecule has 3 aromatic rings. The summed E-state index contributed by atoms with van der Waals surface area (Å²) in [6.45, 7) is 4.07. The normalized spacial score (nSPS) is 11.8. The summed E-state index contributed by atoms with van der Waals surface area (Å²) in [6, 6.07) is 8.47. The van der Waals surface area contributed by atoms with Gasteiger partial charge in [-0.2, -0.15) is 13.2 Å². The van der Waals surface area contributed by atoms with E-state index in [2.05, 4.69) is 5.32 Å². The summed E-state index contributed by atoms with van der Waals surface area (Å²) in [5.41, 5.74) is 0.384. The van der Waals surface area contributed by atoms with Crippen molar-refractivity contribution >= 4 is 45.7 Å². The van der Waals surface area contributed by atoms with Crippen LogP contribution in [0.1, 0.15) is 28.5 Å². The van der Waals surface area contributed by atoms with E-state index in [0.717, 1.165) is 23.0 Å². The lowest BCUT2D eigenvalue weighted by molar-refractivity contribution is -0.136. The minimum atomic E-state index is -4.65. The van der Waals surface area contributed by atoms with E-state index in [1.807, 2.05) is 6.92 Å². The zero-order valence-corrected chi connectivity index (χ0v) is 15.9. The lowest BCUT2D eigenvalue weighted by Crippen LogP contribution is -2.20. The highest BCUT2D eigenvalue weighted by Crippen LogP contribution is 2.37. The van der Waals surface area contributed by atoms with E-state index >= 15 is 0 Å². The number of alkyl halides is 3. The largest absolute Gasteiger partial charge is 0.418 e. The van der Waals surface area contributed by atoms with Gasteiger partial charge in [-0.1, -0.05) is 23.2 Å². The quantitative estimate of drug-likeness (QED) is 0.517. The summed E-state index contributed by atoms with van der Waals surface area (Å²) in [6.07, 6.45) is -4.65. The molecule has 0 radical (unpaired) electrons. The zero-order chi connectivity index (χ0) is 19.9. The third-order valence-corrected chi connectivity index (χ3v) is 4.82. The molecular weight excluding hydrogens is 400 g/mol. The Morgan fingerprint density at radius 2 is 1.74 bits per heavy atom. The molecular formula is C19H15Cl2F3N2O. The summed E-state index contributed by atoms with van der Waals surface area (Å²) in [7, 11) is 0. The van der Waals surface area contributed by atoms with Crippen molar-refractivity contribution in [1.82, 2.24) is 4.57 Å². The summed E-state index contributed by atoms with van der Waals surface area (Å²) in [5.74, 6) is -0.630. The molecule has 8 heteroatoms. The molecule has 3 nitrogen and oxygen atoms in total. The standard InChI is InChI=1S/C19H15Cl2F3N2O/c1-3-26-16-7-5-11(20)8-13(16)10(2)17(26)18(27)25-15-6-4-12(21)9-14(15)19(22,23)24/h4-9H,3H2,1-2H3,(H,25,27). The van der Waals surface area contributed by atoms with Gasteiger partial charge >= 0.3 is 6.18 Å². The SMILES string of the molecule is CCn1c(C(=O)Nc2ccc(Cl)cc2C(F)(F)F)c(C)c2cc(Cl)ccc21. The predicted octanol–water partition coefficient (Wildman–Crippen LogP) is 6.55. The van der Waals surface area contributed by atoms with E-state index < -0.39 is 17.6 Å². The van der Waals surface area contributed by atoms with Gasteiger partial charge < -0.3 is 9.88 Å². The number of carbonyl (C=O) groups excluding carboxylic acids is 1. The Balaban J connectivity index is 2.10. The molecule has 0 aliphatic rings. The van der Waals surface area contributed by atoms with Crippen LogP contribution >= 0.6 is 23.2 Å². The molecule has 1 amide bonds. The van der Waals surface area contributed by atoms with Crippen molar-refractivity contribution in [1.29, 1.82) is 0 Å². The maximum atomic E-state index is 13.3. The first kappa shape index (κ1) is 19.6. The Bertz CT molecular complexity index is 1040. The number of aryl methyl sites for hydroxylation is 2. The molecule has 142 valence electrons. The van der Waals surface area contributed by atoms with Crippen LogP contribution < -0.4 is 5.32 Å². The molecule has 0 aliphatic heterocycles. The summed E-state index contributed by atoms with van der Waals surface area (Å²) >= 11 is 11.7. The van der Waals surface area contributed by atoms with Crippen molar-refractivity contribution < 1.29 is 18.0 Å². The number of rotatable bonds is 3. The number of fused-ring (bicyclic) bond motifs is 1. The van der Waals surface area contributed by atoms with Gasteiger partial charge in [0.1, 0.15) is 5.69 Å². The number of anilines is 1. The van der Waals surface area contributed by atoms with Crippen LogP contribution in [0.2, 0.25) is 10.0 Å². The summed E-state index contributed by atoms with van der Waals surface area (Å²) < 4.78 is 41.6. The fourth-order valence-corrected chi connectivity index (χ4v) is 3.50. The van der Waals surface area contributed by atoms with Crippen molar-refractivity contribution in [2.45, 2.75) is 26.6 Å². The van der Waals surface area contributed by atoms with E-state index in [-0.39, 0.29) is 16.4 Å². The van der Waals surface area contributed by atoms with Crippen LogP contribution in [0.15, 0.2) is 36.4 Å². The Labute approximate surface area is 163 Å². The molecule has 0 fully saturated rings. The van der Waals surface area contributed by atoms with Crippen LogP contribution in [0.3, 0.4) is 0 Å². The zero-order valence-electron chi connectivity index (χ0n) is 14.4. The Morgan fingerprint density at radius 1 is 1.11 bits per heavy atom. The molecule has 0 atom stereocenters. The second-order valence-electron chi connectivity index (χ2n) is 6.02. The minimum absolute atomic E-state index is 0.0613.